The van der Waals surface area contributed by atoms with E-state index in [1.807, 2.05) is 0 Å². The van der Waals surface area contributed by atoms with Crippen molar-refractivity contribution >= 4 is 38.9 Å². The molecule has 0 unspecified atom stereocenters. The number of carbonyl (C=O) groups is 1. The van der Waals surface area contributed by atoms with Crippen molar-refractivity contribution in [2.45, 2.75) is 4.90 Å². The predicted octanol–water partition coefficient (Wildman–Crippen LogP) is 3.81. The maximum Gasteiger partial charge on any atom is 0.284 e. The number of rotatable bonds is 5. The van der Waals surface area contributed by atoms with Gasteiger partial charge in [-0.1, -0.05) is 24.3 Å². The lowest BCUT2D eigenvalue weighted by molar-refractivity contribution is -0.121. The normalized spacial score (nSPS) is 17.5. The Morgan fingerprint density at radius 1 is 1.11 bits per heavy atom. The van der Waals surface area contributed by atoms with Crippen molar-refractivity contribution in [1.29, 1.82) is 0 Å². The maximum absolute atomic E-state index is 13.9. The van der Waals surface area contributed by atoms with E-state index in [2.05, 4.69) is 11.0 Å². The molecule has 0 bridgehead atoms. The van der Waals surface area contributed by atoms with Crippen molar-refractivity contribution in [3.05, 3.63) is 83.3 Å². The molecule has 9 heteroatoms. The number of halogens is 2. The molecule has 1 aliphatic heterocycles. The van der Waals surface area contributed by atoms with Gasteiger partial charge in [0, 0.05) is 12.1 Å². The Hall–Kier alpha value is -2.78. The molecule has 1 aliphatic rings. The van der Waals surface area contributed by atoms with E-state index in [1.54, 1.807) is 6.07 Å². The lowest BCUT2D eigenvalue weighted by Gasteiger charge is -2.12. The van der Waals surface area contributed by atoms with E-state index in [9.17, 15) is 22.0 Å². The molecule has 0 saturated carbocycles. The summed E-state index contributed by atoms with van der Waals surface area (Å²) in [6.07, 6.45) is 2.76. The zero-order valence-corrected chi connectivity index (χ0v) is 16.0. The van der Waals surface area contributed by atoms with E-state index < -0.39 is 27.6 Å². The molecular weight excluding hydrogens is 406 g/mol. The first-order valence-corrected chi connectivity index (χ1v) is 10.2. The summed E-state index contributed by atoms with van der Waals surface area (Å²) in [5.74, 6) is -1.61. The number of amidine groups is 1. The first-order valence-electron chi connectivity index (χ1n) is 7.99. The Morgan fingerprint density at radius 3 is 2.43 bits per heavy atom. The summed E-state index contributed by atoms with van der Waals surface area (Å²) in [7, 11) is -4.17. The van der Waals surface area contributed by atoms with Gasteiger partial charge < -0.3 is 0 Å². The fourth-order valence-electron chi connectivity index (χ4n) is 2.36. The van der Waals surface area contributed by atoms with Crippen LogP contribution in [0.4, 0.5) is 8.78 Å². The Bertz CT molecular complexity index is 1090. The average molecular weight is 420 g/mol. The summed E-state index contributed by atoms with van der Waals surface area (Å²) in [5, 5.41) is -0.0863. The van der Waals surface area contributed by atoms with Crippen molar-refractivity contribution < 1.29 is 22.0 Å². The van der Waals surface area contributed by atoms with Gasteiger partial charge in [-0.2, -0.15) is 8.42 Å². The number of carbonyl (C=O) groups excluding carboxylic acids is 1. The number of hydrogen-bond donors (Lipinski definition) is 0. The molecule has 0 aromatic heterocycles. The molecule has 5 nitrogen and oxygen atoms in total. The van der Waals surface area contributed by atoms with Gasteiger partial charge in [-0.15, -0.1) is 11.0 Å². The smallest absolute Gasteiger partial charge is 0.282 e. The standard InChI is InChI=1S/C19H14F2N2O3S2/c1-2-11-23-18(24)17(12-13-5-3-4-6-16(13)21)27-19(23)22-28(25,26)15-9-7-14(20)8-10-15/h2-10,12H,1,11H2/b17-12-,22-19-. The van der Waals surface area contributed by atoms with Gasteiger partial charge in [-0.3, -0.25) is 9.69 Å². The molecule has 0 radical (unpaired) electrons. The van der Waals surface area contributed by atoms with Crippen molar-refractivity contribution in [3.8, 4) is 0 Å². The fraction of sp³-hybridized carbons (Fsp3) is 0.0526. The van der Waals surface area contributed by atoms with Crippen molar-refractivity contribution in [3.63, 3.8) is 0 Å². The van der Waals surface area contributed by atoms with Gasteiger partial charge in [0.15, 0.2) is 5.17 Å². The first kappa shape index (κ1) is 20.0. The molecule has 0 spiro atoms. The van der Waals surface area contributed by atoms with Crippen LogP contribution in [0.25, 0.3) is 6.08 Å². The average Bonchev–Trinajstić information content (AvgIpc) is 2.92. The van der Waals surface area contributed by atoms with Gasteiger partial charge in [-0.25, -0.2) is 8.78 Å². The van der Waals surface area contributed by atoms with Crippen LogP contribution < -0.4 is 0 Å². The van der Waals surface area contributed by atoms with Crippen LogP contribution in [0.5, 0.6) is 0 Å². The predicted molar refractivity (Wildman–Crippen MR) is 105 cm³/mol. The number of nitrogens with zero attached hydrogens (tertiary/aromatic N) is 2. The summed E-state index contributed by atoms with van der Waals surface area (Å²) in [6.45, 7) is 3.58. The molecule has 0 aliphatic carbocycles. The van der Waals surface area contributed by atoms with Gasteiger partial charge >= 0.3 is 0 Å². The lowest BCUT2D eigenvalue weighted by atomic mass is 10.2. The Labute approximate surface area is 165 Å². The molecule has 2 aromatic carbocycles. The Morgan fingerprint density at radius 2 is 1.79 bits per heavy atom. The van der Waals surface area contributed by atoms with Crippen LogP contribution in [0.2, 0.25) is 0 Å². The minimum Gasteiger partial charge on any atom is -0.282 e. The van der Waals surface area contributed by atoms with Gasteiger partial charge in [0.05, 0.1) is 9.80 Å². The topological polar surface area (TPSA) is 66.8 Å². The summed E-state index contributed by atoms with van der Waals surface area (Å²) >= 11 is 0.815. The van der Waals surface area contributed by atoms with E-state index in [1.165, 1.54) is 30.4 Å². The summed E-state index contributed by atoms with van der Waals surface area (Å²) in [4.78, 5) is 13.7. The monoisotopic (exact) mass is 420 g/mol. The molecule has 28 heavy (non-hydrogen) atoms. The van der Waals surface area contributed by atoms with E-state index in [0.29, 0.717) is 0 Å². The molecule has 1 fully saturated rings. The van der Waals surface area contributed by atoms with E-state index >= 15 is 0 Å². The van der Waals surface area contributed by atoms with E-state index in [-0.39, 0.29) is 27.1 Å². The molecule has 1 saturated heterocycles. The number of hydrogen-bond acceptors (Lipinski definition) is 4. The number of amides is 1. The Balaban J connectivity index is 2.01. The van der Waals surface area contributed by atoms with Crippen LogP contribution in [0.15, 0.2) is 75.4 Å². The van der Waals surface area contributed by atoms with Crippen molar-refractivity contribution in [2.24, 2.45) is 4.40 Å². The molecule has 1 amide bonds. The van der Waals surface area contributed by atoms with Crippen LogP contribution in [0, 0.1) is 11.6 Å². The summed E-state index contributed by atoms with van der Waals surface area (Å²) < 4.78 is 55.7. The SMILES string of the molecule is C=CCN1C(=O)/C(=C/c2ccccc2F)S/C1=N\S(=O)(=O)c1ccc(F)cc1. The zero-order chi connectivity index (χ0) is 20.3. The van der Waals surface area contributed by atoms with Crippen LogP contribution in [-0.2, 0) is 14.8 Å². The third kappa shape index (κ3) is 4.20. The number of sulfonamides is 1. The first-order chi connectivity index (χ1) is 13.3. The maximum atomic E-state index is 13.9. The molecule has 144 valence electrons. The van der Waals surface area contributed by atoms with Crippen LogP contribution in [-0.4, -0.2) is 30.9 Å². The number of benzene rings is 2. The van der Waals surface area contributed by atoms with Gasteiger partial charge in [0.1, 0.15) is 11.6 Å². The molecule has 0 atom stereocenters. The van der Waals surface area contributed by atoms with Crippen LogP contribution in [0.1, 0.15) is 5.56 Å². The van der Waals surface area contributed by atoms with E-state index in [4.69, 9.17) is 0 Å². The van der Waals surface area contributed by atoms with Gasteiger partial charge in [-0.05, 0) is 48.2 Å². The van der Waals surface area contributed by atoms with E-state index in [0.717, 1.165) is 40.9 Å². The minimum atomic E-state index is -4.17. The van der Waals surface area contributed by atoms with Gasteiger partial charge in [0.25, 0.3) is 15.9 Å². The lowest BCUT2D eigenvalue weighted by Crippen LogP contribution is -2.29. The largest absolute Gasteiger partial charge is 0.284 e. The van der Waals surface area contributed by atoms with Crippen molar-refractivity contribution in [2.75, 3.05) is 6.54 Å². The minimum absolute atomic E-state index is 0.0260. The summed E-state index contributed by atoms with van der Waals surface area (Å²) in [6, 6.07) is 10.1. The third-order valence-electron chi connectivity index (χ3n) is 3.70. The molecule has 1 heterocycles. The second kappa shape index (κ2) is 8.07. The highest BCUT2D eigenvalue weighted by atomic mass is 32.2. The molecule has 0 N–H and O–H groups in total. The van der Waals surface area contributed by atoms with Crippen LogP contribution in [0.3, 0.4) is 0 Å². The third-order valence-corrected chi connectivity index (χ3v) is 6.10. The highest BCUT2D eigenvalue weighted by molar-refractivity contribution is 8.19. The number of thioether (sulfide) groups is 1. The summed E-state index contributed by atoms with van der Waals surface area (Å²) in [5.41, 5.74) is 0.194. The second-order valence-corrected chi connectivity index (χ2v) is 8.25. The zero-order valence-electron chi connectivity index (χ0n) is 14.4. The highest BCUT2D eigenvalue weighted by Gasteiger charge is 2.34. The Kier molecular flexibility index (Phi) is 5.76. The fourth-order valence-corrected chi connectivity index (χ4v) is 4.54. The van der Waals surface area contributed by atoms with Gasteiger partial charge in [0.2, 0.25) is 0 Å². The quantitative estimate of drug-likeness (QED) is 0.545. The molecular formula is C19H14F2N2O3S2. The van der Waals surface area contributed by atoms with Crippen molar-refractivity contribution in [1.82, 2.24) is 4.90 Å². The molecule has 3 rings (SSSR count). The van der Waals surface area contributed by atoms with Crippen LogP contribution >= 0.6 is 11.8 Å². The highest BCUT2D eigenvalue weighted by Crippen LogP contribution is 2.34. The second-order valence-electron chi connectivity index (χ2n) is 5.64. The molecule has 2 aromatic rings.